The highest BCUT2D eigenvalue weighted by molar-refractivity contribution is 5.45. The lowest BCUT2D eigenvalue weighted by Gasteiger charge is -2.27. The Labute approximate surface area is 96.5 Å². The van der Waals surface area contributed by atoms with E-state index in [-0.39, 0.29) is 5.54 Å². The molecule has 0 saturated heterocycles. The summed E-state index contributed by atoms with van der Waals surface area (Å²) in [6.45, 7) is 2.08. The van der Waals surface area contributed by atoms with Gasteiger partial charge in [-0.3, -0.25) is 0 Å². The average molecular weight is 221 g/mol. The van der Waals surface area contributed by atoms with Crippen LogP contribution < -0.4 is 15.2 Å². The molecule has 1 unspecified atom stereocenters. The second-order valence-electron chi connectivity index (χ2n) is 4.62. The van der Waals surface area contributed by atoms with Gasteiger partial charge in [0.2, 0.25) is 0 Å². The molecule has 0 heterocycles. The first-order valence-corrected chi connectivity index (χ1v) is 5.61. The van der Waals surface area contributed by atoms with Crippen molar-refractivity contribution in [2.24, 2.45) is 11.7 Å². The standard InChI is InChI=1S/C13H19NO2/c1-13(14,9-4-5-9)11-7-6-10(15-2)8-12(11)16-3/h6-9H,4-5,14H2,1-3H3. The van der Waals surface area contributed by atoms with E-state index in [2.05, 4.69) is 6.92 Å². The minimum Gasteiger partial charge on any atom is -0.497 e. The highest BCUT2D eigenvalue weighted by atomic mass is 16.5. The molecule has 88 valence electrons. The normalized spacial score (nSPS) is 19.0. The molecule has 0 bridgehead atoms. The third-order valence-electron chi connectivity index (χ3n) is 3.41. The molecule has 1 saturated carbocycles. The monoisotopic (exact) mass is 221 g/mol. The highest BCUT2D eigenvalue weighted by Crippen LogP contribution is 2.46. The van der Waals surface area contributed by atoms with E-state index >= 15 is 0 Å². The second kappa shape index (κ2) is 3.98. The molecular formula is C13H19NO2. The predicted molar refractivity (Wildman–Crippen MR) is 63.8 cm³/mol. The van der Waals surface area contributed by atoms with Gasteiger partial charge in [-0.05, 0) is 37.8 Å². The zero-order valence-electron chi connectivity index (χ0n) is 10.1. The first-order chi connectivity index (χ1) is 7.59. The smallest absolute Gasteiger partial charge is 0.127 e. The fraction of sp³-hybridized carbons (Fsp3) is 0.538. The van der Waals surface area contributed by atoms with Crippen LogP contribution in [-0.2, 0) is 5.54 Å². The Morgan fingerprint density at radius 1 is 1.25 bits per heavy atom. The van der Waals surface area contributed by atoms with E-state index in [1.54, 1.807) is 14.2 Å². The summed E-state index contributed by atoms with van der Waals surface area (Å²) < 4.78 is 10.6. The van der Waals surface area contributed by atoms with Gasteiger partial charge in [0.25, 0.3) is 0 Å². The van der Waals surface area contributed by atoms with Gasteiger partial charge in [-0.25, -0.2) is 0 Å². The van der Waals surface area contributed by atoms with Crippen molar-refractivity contribution in [1.29, 1.82) is 0 Å². The van der Waals surface area contributed by atoms with Gasteiger partial charge in [0.05, 0.1) is 14.2 Å². The summed E-state index contributed by atoms with van der Waals surface area (Å²) in [4.78, 5) is 0. The molecular weight excluding hydrogens is 202 g/mol. The van der Waals surface area contributed by atoms with Gasteiger partial charge >= 0.3 is 0 Å². The summed E-state index contributed by atoms with van der Waals surface area (Å²) >= 11 is 0. The Morgan fingerprint density at radius 3 is 2.44 bits per heavy atom. The summed E-state index contributed by atoms with van der Waals surface area (Å²) in [5.41, 5.74) is 7.16. The molecule has 1 atom stereocenters. The van der Waals surface area contributed by atoms with Crippen LogP contribution in [0.1, 0.15) is 25.3 Å². The molecule has 1 aromatic carbocycles. The lowest BCUT2D eigenvalue weighted by atomic mass is 9.87. The molecule has 1 aromatic rings. The van der Waals surface area contributed by atoms with Crippen molar-refractivity contribution in [3.63, 3.8) is 0 Å². The Kier molecular flexibility index (Phi) is 2.80. The summed E-state index contributed by atoms with van der Waals surface area (Å²) in [5.74, 6) is 2.19. The van der Waals surface area contributed by atoms with E-state index in [1.165, 1.54) is 12.8 Å². The van der Waals surface area contributed by atoms with E-state index < -0.39 is 0 Å². The van der Waals surface area contributed by atoms with Crippen molar-refractivity contribution in [2.45, 2.75) is 25.3 Å². The zero-order valence-corrected chi connectivity index (χ0v) is 10.1. The Morgan fingerprint density at radius 2 is 1.94 bits per heavy atom. The van der Waals surface area contributed by atoms with Crippen LogP contribution in [0.15, 0.2) is 18.2 Å². The number of methoxy groups -OCH3 is 2. The van der Waals surface area contributed by atoms with Crippen molar-refractivity contribution < 1.29 is 9.47 Å². The quantitative estimate of drug-likeness (QED) is 0.848. The predicted octanol–water partition coefficient (Wildman–Crippen LogP) is 2.29. The van der Waals surface area contributed by atoms with Crippen LogP contribution in [0.2, 0.25) is 0 Å². The fourth-order valence-electron chi connectivity index (χ4n) is 2.15. The summed E-state index contributed by atoms with van der Waals surface area (Å²) in [7, 11) is 3.32. The topological polar surface area (TPSA) is 44.5 Å². The molecule has 0 radical (unpaired) electrons. The summed E-state index contributed by atoms with van der Waals surface area (Å²) in [6, 6.07) is 5.84. The molecule has 1 fully saturated rings. The molecule has 2 rings (SSSR count). The molecule has 1 aliphatic rings. The Bertz CT molecular complexity index is 384. The minimum atomic E-state index is -0.294. The number of benzene rings is 1. The van der Waals surface area contributed by atoms with Gasteiger partial charge in [-0.15, -0.1) is 0 Å². The number of hydrogen-bond acceptors (Lipinski definition) is 3. The molecule has 3 nitrogen and oxygen atoms in total. The molecule has 0 spiro atoms. The number of rotatable bonds is 4. The van der Waals surface area contributed by atoms with Crippen molar-refractivity contribution in [1.82, 2.24) is 0 Å². The van der Waals surface area contributed by atoms with Crippen LogP contribution >= 0.6 is 0 Å². The molecule has 16 heavy (non-hydrogen) atoms. The molecule has 0 amide bonds. The van der Waals surface area contributed by atoms with E-state index in [0.717, 1.165) is 17.1 Å². The highest BCUT2D eigenvalue weighted by Gasteiger charge is 2.41. The van der Waals surface area contributed by atoms with Gasteiger partial charge in [0, 0.05) is 17.2 Å². The van der Waals surface area contributed by atoms with Gasteiger partial charge < -0.3 is 15.2 Å². The average Bonchev–Trinajstić information content (AvgIpc) is 3.12. The largest absolute Gasteiger partial charge is 0.497 e. The minimum absolute atomic E-state index is 0.294. The molecule has 2 N–H and O–H groups in total. The van der Waals surface area contributed by atoms with E-state index in [0.29, 0.717) is 5.92 Å². The van der Waals surface area contributed by atoms with Gasteiger partial charge in [-0.1, -0.05) is 0 Å². The summed E-state index contributed by atoms with van der Waals surface area (Å²) in [6.07, 6.45) is 2.42. The van der Waals surface area contributed by atoms with Crippen LogP contribution in [0.3, 0.4) is 0 Å². The van der Waals surface area contributed by atoms with Crippen molar-refractivity contribution in [2.75, 3.05) is 14.2 Å². The van der Waals surface area contributed by atoms with Crippen LogP contribution in [-0.4, -0.2) is 14.2 Å². The van der Waals surface area contributed by atoms with Crippen LogP contribution in [0.5, 0.6) is 11.5 Å². The summed E-state index contributed by atoms with van der Waals surface area (Å²) in [5, 5.41) is 0. The molecule has 0 aromatic heterocycles. The van der Waals surface area contributed by atoms with Gasteiger partial charge in [0.15, 0.2) is 0 Å². The van der Waals surface area contributed by atoms with E-state index in [1.807, 2.05) is 18.2 Å². The maximum Gasteiger partial charge on any atom is 0.127 e. The SMILES string of the molecule is COc1ccc(C(C)(N)C2CC2)c(OC)c1. The number of hydrogen-bond donors (Lipinski definition) is 1. The maximum atomic E-state index is 6.39. The molecule has 3 heteroatoms. The molecule has 0 aliphatic heterocycles. The lowest BCUT2D eigenvalue weighted by Crippen LogP contribution is -2.35. The van der Waals surface area contributed by atoms with Crippen LogP contribution in [0.4, 0.5) is 0 Å². The van der Waals surface area contributed by atoms with E-state index in [9.17, 15) is 0 Å². The number of ether oxygens (including phenoxy) is 2. The first-order valence-electron chi connectivity index (χ1n) is 5.61. The third kappa shape index (κ3) is 1.87. The van der Waals surface area contributed by atoms with Crippen molar-refractivity contribution in [3.8, 4) is 11.5 Å². The van der Waals surface area contributed by atoms with Crippen molar-refractivity contribution >= 4 is 0 Å². The second-order valence-corrected chi connectivity index (χ2v) is 4.62. The van der Waals surface area contributed by atoms with Crippen LogP contribution in [0.25, 0.3) is 0 Å². The fourth-order valence-corrected chi connectivity index (χ4v) is 2.15. The zero-order chi connectivity index (χ0) is 11.8. The lowest BCUT2D eigenvalue weighted by molar-refractivity contribution is 0.361. The Balaban J connectivity index is 2.39. The van der Waals surface area contributed by atoms with E-state index in [4.69, 9.17) is 15.2 Å². The van der Waals surface area contributed by atoms with Crippen LogP contribution in [0, 0.1) is 5.92 Å². The number of nitrogens with two attached hydrogens (primary N) is 1. The first kappa shape index (κ1) is 11.3. The Hall–Kier alpha value is -1.22. The maximum absolute atomic E-state index is 6.39. The van der Waals surface area contributed by atoms with Gasteiger partial charge in [0.1, 0.15) is 11.5 Å². The molecule has 1 aliphatic carbocycles. The van der Waals surface area contributed by atoms with Gasteiger partial charge in [-0.2, -0.15) is 0 Å². The third-order valence-corrected chi connectivity index (χ3v) is 3.41. The van der Waals surface area contributed by atoms with Crippen molar-refractivity contribution in [3.05, 3.63) is 23.8 Å².